The summed E-state index contributed by atoms with van der Waals surface area (Å²) in [6.45, 7) is 1.73. The highest BCUT2D eigenvalue weighted by molar-refractivity contribution is 5.82. The normalized spacial score (nSPS) is 24.2. The van der Waals surface area contributed by atoms with Crippen LogP contribution in [-0.4, -0.2) is 34.8 Å². The third kappa shape index (κ3) is 3.62. The summed E-state index contributed by atoms with van der Waals surface area (Å²) < 4.78 is 12.7. The van der Waals surface area contributed by atoms with Gasteiger partial charge < -0.3 is 24.3 Å². The number of piperidine rings is 1. The summed E-state index contributed by atoms with van der Waals surface area (Å²) in [6, 6.07) is 15.9. The number of amides is 1. The van der Waals surface area contributed by atoms with Crippen molar-refractivity contribution in [3.8, 4) is 11.5 Å². The number of nitrogens with one attached hydrogen (secondary N) is 1. The van der Waals surface area contributed by atoms with E-state index < -0.39 is 10.8 Å². The van der Waals surface area contributed by atoms with Gasteiger partial charge in [-0.15, -0.1) is 0 Å². The fourth-order valence-electron chi connectivity index (χ4n) is 6.82. The van der Waals surface area contributed by atoms with E-state index in [1.54, 1.807) is 24.3 Å². The fourth-order valence-corrected chi connectivity index (χ4v) is 6.82. The molecule has 1 fully saturated rings. The van der Waals surface area contributed by atoms with Crippen LogP contribution in [0.15, 0.2) is 59.4 Å². The largest absolute Gasteiger partial charge is 0.454 e. The van der Waals surface area contributed by atoms with E-state index in [1.807, 2.05) is 34.9 Å². The maximum Gasteiger partial charge on any atom is 0.269 e. The number of nitrogens with zero attached hydrogens (tertiary/aromatic N) is 3. The molecule has 0 saturated carbocycles. The minimum atomic E-state index is -0.412. The number of benzene rings is 2. The first-order chi connectivity index (χ1) is 18.5. The molecule has 0 aliphatic carbocycles. The topological polar surface area (TPSA) is 116 Å². The lowest BCUT2D eigenvalue weighted by atomic mass is 9.70. The van der Waals surface area contributed by atoms with Gasteiger partial charge in [0.2, 0.25) is 12.7 Å². The van der Waals surface area contributed by atoms with Crippen molar-refractivity contribution in [2.75, 3.05) is 18.2 Å². The van der Waals surface area contributed by atoms with Crippen molar-refractivity contribution in [2.24, 2.45) is 11.8 Å². The van der Waals surface area contributed by atoms with E-state index in [9.17, 15) is 19.7 Å². The minimum absolute atomic E-state index is 0.0127. The van der Waals surface area contributed by atoms with Crippen molar-refractivity contribution in [1.29, 1.82) is 0 Å². The molecule has 2 bridgehead atoms. The Balaban J connectivity index is 1.22. The van der Waals surface area contributed by atoms with Crippen LogP contribution in [0.3, 0.4) is 0 Å². The van der Waals surface area contributed by atoms with Gasteiger partial charge in [-0.05, 0) is 54.2 Å². The Bertz CT molecular complexity index is 1530. The molecule has 4 aliphatic heterocycles. The summed E-state index contributed by atoms with van der Waals surface area (Å²) in [5.41, 5.74) is 3.68. The summed E-state index contributed by atoms with van der Waals surface area (Å²) in [6.07, 6.45) is 1.31. The van der Waals surface area contributed by atoms with Crippen LogP contribution < -0.4 is 25.2 Å². The van der Waals surface area contributed by atoms with Crippen LogP contribution in [0.1, 0.15) is 29.2 Å². The number of carbonyl (C=O) groups excluding carboxylic acids is 1. The molecule has 7 rings (SSSR count). The van der Waals surface area contributed by atoms with Crippen LogP contribution in [0.4, 0.5) is 11.4 Å². The minimum Gasteiger partial charge on any atom is -0.454 e. The Hall–Kier alpha value is -4.34. The molecule has 4 aliphatic rings. The summed E-state index contributed by atoms with van der Waals surface area (Å²) in [5, 5.41) is 14.6. The second kappa shape index (κ2) is 8.61. The molecule has 2 unspecified atom stereocenters. The number of rotatable bonds is 4. The highest BCUT2D eigenvalue weighted by atomic mass is 16.7. The molecule has 3 aromatic rings. The lowest BCUT2D eigenvalue weighted by Crippen LogP contribution is -2.61. The van der Waals surface area contributed by atoms with Gasteiger partial charge in [0.25, 0.3) is 11.2 Å². The molecule has 5 heterocycles. The number of non-ortho nitro benzene ring substituents is 1. The zero-order valence-corrected chi connectivity index (χ0v) is 20.5. The van der Waals surface area contributed by atoms with Gasteiger partial charge in [0, 0.05) is 61.2 Å². The smallest absolute Gasteiger partial charge is 0.269 e. The summed E-state index contributed by atoms with van der Waals surface area (Å²) in [5.74, 6) is 1.09. The second-order valence-electron chi connectivity index (χ2n) is 10.5. The number of fused-ring (bicyclic) bond motifs is 9. The van der Waals surface area contributed by atoms with Gasteiger partial charge in [0.15, 0.2) is 11.5 Å². The number of carbonyl (C=O) groups is 1. The predicted molar refractivity (Wildman–Crippen MR) is 137 cm³/mol. The second-order valence-corrected chi connectivity index (χ2v) is 10.5. The van der Waals surface area contributed by atoms with Gasteiger partial charge in [0.1, 0.15) is 0 Å². The average molecular weight is 515 g/mol. The first kappa shape index (κ1) is 22.8. The van der Waals surface area contributed by atoms with Crippen LogP contribution in [0, 0.1) is 22.0 Å². The molecule has 1 saturated heterocycles. The molecule has 1 N–H and O–H groups in total. The van der Waals surface area contributed by atoms with Crippen LogP contribution in [-0.2, 0) is 24.3 Å². The number of pyridine rings is 1. The van der Waals surface area contributed by atoms with Gasteiger partial charge in [-0.1, -0.05) is 12.1 Å². The zero-order chi connectivity index (χ0) is 26.0. The molecule has 0 radical (unpaired) electrons. The Morgan fingerprint density at radius 3 is 2.82 bits per heavy atom. The van der Waals surface area contributed by atoms with Gasteiger partial charge >= 0.3 is 0 Å². The number of nitro benzene ring substituents is 1. The highest BCUT2D eigenvalue weighted by Gasteiger charge is 2.49. The van der Waals surface area contributed by atoms with E-state index in [2.05, 4.69) is 10.2 Å². The lowest BCUT2D eigenvalue weighted by Gasteiger charge is -2.54. The summed E-state index contributed by atoms with van der Waals surface area (Å²) >= 11 is 0. The number of ether oxygens (including phenoxy) is 2. The fraction of sp³-hybridized carbons (Fsp3) is 0.357. The van der Waals surface area contributed by atoms with Gasteiger partial charge in [-0.25, -0.2) is 0 Å². The lowest BCUT2D eigenvalue weighted by molar-refractivity contribution is -0.384. The van der Waals surface area contributed by atoms with Crippen LogP contribution in [0.5, 0.6) is 11.5 Å². The van der Waals surface area contributed by atoms with Gasteiger partial charge in [0.05, 0.1) is 10.8 Å². The van der Waals surface area contributed by atoms with Crippen molar-refractivity contribution in [3.63, 3.8) is 0 Å². The van der Waals surface area contributed by atoms with E-state index in [0.29, 0.717) is 37.6 Å². The zero-order valence-electron chi connectivity index (χ0n) is 20.5. The standard InChI is InChI=1S/C28H26N4O6/c33-26-3-1-2-22-18-9-19(14-30(22)26)27-21(11-17-10-20(32(35)36)5-6-23(17)31(27)13-18)28(34)29-12-16-4-7-24-25(8-16)38-15-37-24/h1-8,10,18-19,21,27H,9,11-15H2,(H,29,34)/t18?,19?,21-,27+/m1/s1. The monoisotopic (exact) mass is 514 g/mol. The van der Waals surface area contributed by atoms with E-state index >= 15 is 0 Å². The van der Waals surface area contributed by atoms with E-state index in [4.69, 9.17) is 9.47 Å². The van der Waals surface area contributed by atoms with E-state index in [1.165, 1.54) is 0 Å². The SMILES string of the molecule is O=C(NCc1ccc2c(c1)OCO2)[C@@H]1Cc2cc([N+](=O)[O-])ccc2N2CC3CC(Cn4c3cccc4=O)[C@@H]12. The van der Waals surface area contributed by atoms with Crippen molar-refractivity contribution in [1.82, 2.24) is 9.88 Å². The molecule has 0 spiro atoms. The quantitative estimate of drug-likeness (QED) is 0.420. The molecular formula is C28H26N4O6. The van der Waals surface area contributed by atoms with Crippen molar-refractivity contribution in [2.45, 2.75) is 37.9 Å². The molecule has 194 valence electrons. The van der Waals surface area contributed by atoms with Crippen molar-refractivity contribution in [3.05, 3.63) is 91.9 Å². The predicted octanol–water partition coefficient (Wildman–Crippen LogP) is 2.97. The van der Waals surface area contributed by atoms with Crippen molar-refractivity contribution < 1.29 is 19.2 Å². The van der Waals surface area contributed by atoms with Gasteiger partial charge in [-0.3, -0.25) is 19.7 Å². The van der Waals surface area contributed by atoms with Crippen molar-refractivity contribution >= 4 is 17.3 Å². The molecule has 38 heavy (non-hydrogen) atoms. The number of hydrogen-bond acceptors (Lipinski definition) is 7. The molecule has 10 nitrogen and oxygen atoms in total. The number of nitro groups is 1. The Kier molecular flexibility index (Phi) is 5.17. The Morgan fingerprint density at radius 1 is 1.08 bits per heavy atom. The van der Waals surface area contributed by atoms with E-state index in [0.717, 1.165) is 28.9 Å². The molecule has 4 atom stereocenters. The van der Waals surface area contributed by atoms with E-state index in [-0.39, 0.29) is 41.8 Å². The van der Waals surface area contributed by atoms with Crippen LogP contribution >= 0.6 is 0 Å². The molecular weight excluding hydrogens is 488 g/mol. The Morgan fingerprint density at radius 2 is 1.95 bits per heavy atom. The highest BCUT2D eigenvalue weighted by Crippen LogP contribution is 2.47. The first-order valence-electron chi connectivity index (χ1n) is 12.9. The third-order valence-electron chi connectivity index (χ3n) is 8.44. The summed E-state index contributed by atoms with van der Waals surface area (Å²) in [7, 11) is 0. The number of aromatic nitrogens is 1. The molecule has 10 heteroatoms. The molecule has 1 aromatic heterocycles. The van der Waals surface area contributed by atoms with Crippen LogP contribution in [0.25, 0.3) is 0 Å². The third-order valence-corrected chi connectivity index (χ3v) is 8.44. The molecule has 2 aromatic carbocycles. The number of hydrogen-bond donors (Lipinski definition) is 1. The average Bonchev–Trinajstić information content (AvgIpc) is 3.39. The van der Waals surface area contributed by atoms with Crippen LogP contribution in [0.2, 0.25) is 0 Å². The maximum atomic E-state index is 13.8. The first-order valence-corrected chi connectivity index (χ1v) is 12.9. The summed E-state index contributed by atoms with van der Waals surface area (Å²) in [4.78, 5) is 39.9. The number of anilines is 1. The Labute approximate surface area is 217 Å². The van der Waals surface area contributed by atoms with Gasteiger partial charge in [-0.2, -0.15) is 0 Å². The maximum absolute atomic E-state index is 13.8. The molecule has 1 amide bonds.